The van der Waals surface area contributed by atoms with Crippen LogP contribution in [0, 0.1) is 12.1 Å². The first-order valence-electron chi connectivity index (χ1n) is 17.1. The molecule has 0 unspecified atom stereocenters. The molecule has 0 N–H and O–H groups in total. The summed E-state index contributed by atoms with van der Waals surface area (Å²) in [7, 11) is 0. The molecular weight excluding hydrogens is 670 g/mol. The monoisotopic (exact) mass is 701 g/mol. The normalized spacial score (nSPS) is 12.8. The largest absolute Gasteiger partial charge is 0.301 e. The number of hydrogen-bond acceptors (Lipinski definition) is 0. The van der Waals surface area contributed by atoms with Gasteiger partial charge in [0.1, 0.15) is 5.52 Å². The molecule has 0 amide bonds. The van der Waals surface area contributed by atoms with Gasteiger partial charge in [-0.3, -0.25) is 0 Å². The molecule has 0 aliphatic heterocycles. The number of para-hydroxylation sites is 1. The van der Waals surface area contributed by atoms with Crippen molar-refractivity contribution in [3.05, 3.63) is 192 Å². The highest BCUT2D eigenvalue weighted by Crippen LogP contribution is 2.54. The van der Waals surface area contributed by atoms with Crippen molar-refractivity contribution in [1.82, 2.24) is 4.57 Å². The van der Waals surface area contributed by atoms with E-state index < -0.39 is 0 Å². The van der Waals surface area contributed by atoms with E-state index in [4.69, 9.17) is 0 Å². The van der Waals surface area contributed by atoms with Crippen LogP contribution in [0.3, 0.4) is 0 Å². The quantitative estimate of drug-likeness (QED) is 0.163. The highest BCUT2D eigenvalue weighted by atomic mass is 79.9. The molecule has 0 saturated heterocycles. The summed E-state index contributed by atoms with van der Waals surface area (Å²) in [5.74, 6) is 0. The summed E-state index contributed by atoms with van der Waals surface area (Å²) in [4.78, 5) is 0. The van der Waals surface area contributed by atoms with Crippen LogP contribution in [0.5, 0.6) is 0 Å². The number of allylic oxidation sites excluding steroid dienone is 4. The van der Waals surface area contributed by atoms with Crippen molar-refractivity contribution in [3.8, 4) is 50.2 Å². The standard InChI is InChI=1S/C48H32BrN/c49-38-31-29-37(30-32-38)47-45(35-21-9-3-10-22-35)43(33-17-5-1-6-18-33)44(34-19-7-2-8-20-34)46(36-23-11-4-12-24-36)48(47)50-41-27-15-13-25-39(41)40-26-14-16-28-42(40)50/h1-15,17-27,29,31H,30,32H2. The summed E-state index contributed by atoms with van der Waals surface area (Å²) in [6, 6.07) is 63.7. The molecule has 1 heterocycles. The second-order valence-electron chi connectivity index (χ2n) is 12.7. The van der Waals surface area contributed by atoms with Crippen molar-refractivity contribution >= 4 is 43.3 Å². The maximum Gasteiger partial charge on any atom is 0.105 e. The van der Waals surface area contributed by atoms with E-state index in [1.807, 2.05) is 6.07 Å². The van der Waals surface area contributed by atoms with Crippen molar-refractivity contribution in [3.63, 3.8) is 0 Å². The average Bonchev–Trinajstić information content (AvgIpc) is 3.52. The zero-order valence-corrected chi connectivity index (χ0v) is 29.0. The third kappa shape index (κ3) is 5.10. The molecule has 1 aromatic heterocycles. The SMILES string of the molecule is BrC1=CC=C(c2c(-c3ccccc3)c(-c3ccccc3)c(-c3ccccc3)c(-c3ccccc3)c2-n2c3c#cccc3c3ccccc32)CC1. The van der Waals surface area contributed by atoms with E-state index in [-0.39, 0.29) is 0 Å². The van der Waals surface area contributed by atoms with Gasteiger partial charge in [0, 0.05) is 27.5 Å². The van der Waals surface area contributed by atoms with Gasteiger partial charge in [-0.25, -0.2) is 0 Å². The number of rotatable bonds is 6. The lowest BCUT2D eigenvalue weighted by atomic mass is 9.76. The lowest BCUT2D eigenvalue weighted by Gasteiger charge is -2.30. The van der Waals surface area contributed by atoms with Crippen molar-refractivity contribution in [1.29, 1.82) is 0 Å². The highest BCUT2D eigenvalue weighted by molar-refractivity contribution is 9.11. The second-order valence-corrected chi connectivity index (χ2v) is 13.7. The van der Waals surface area contributed by atoms with Crippen LogP contribution < -0.4 is 0 Å². The van der Waals surface area contributed by atoms with E-state index >= 15 is 0 Å². The summed E-state index contributed by atoms with van der Waals surface area (Å²) in [6.45, 7) is 0. The van der Waals surface area contributed by atoms with Crippen LogP contribution in [0.2, 0.25) is 0 Å². The Morgan fingerprint density at radius 2 is 0.960 bits per heavy atom. The summed E-state index contributed by atoms with van der Waals surface area (Å²) in [5, 5.41) is 2.37. The second kappa shape index (κ2) is 12.9. The molecule has 0 radical (unpaired) electrons. The van der Waals surface area contributed by atoms with Gasteiger partial charge in [-0.1, -0.05) is 174 Å². The molecule has 50 heavy (non-hydrogen) atoms. The zero-order chi connectivity index (χ0) is 33.4. The minimum absolute atomic E-state index is 0.907. The topological polar surface area (TPSA) is 4.93 Å². The number of hydrogen-bond donors (Lipinski definition) is 0. The fourth-order valence-electron chi connectivity index (χ4n) is 7.68. The minimum Gasteiger partial charge on any atom is -0.301 e. The summed E-state index contributed by atoms with van der Waals surface area (Å²) < 4.78 is 3.69. The lowest BCUT2D eigenvalue weighted by molar-refractivity contribution is 1.04. The Morgan fingerprint density at radius 1 is 0.460 bits per heavy atom. The van der Waals surface area contributed by atoms with Gasteiger partial charge in [0.05, 0.1) is 11.2 Å². The van der Waals surface area contributed by atoms with Gasteiger partial charge in [-0.2, -0.15) is 0 Å². The smallest absolute Gasteiger partial charge is 0.105 e. The van der Waals surface area contributed by atoms with Gasteiger partial charge in [0.15, 0.2) is 0 Å². The third-order valence-electron chi connectivity index (χ3n) is 9.80. The first kappa shape index (κ1) is 30.2. The number of fused-ring (bicyclic) bond motifs is 3. The van der Waals surface area contributed by atoms with Crippen molar-refractivity contribution in [2.75, 3.05) is 0 Å². The Kier molecular flexibility index (Phi) is 7.77. The van der Waals surface area contributed by atoms with Gasteiger partial charge in [0.25, 0.3) is 0 Å². The van der Waals surface area contributed by atoms with Crippen LogP contribution in [0.1, 0.15) is 18.4 Å². The molecule has 2 heteroatoms. The number of nitrogens with zero attached hydrogens (tertiary/aromatic N) is 1. The Balaban J connectivity index is 1.63. The molecule has 236 valence electrons. The summed E-state index contributed by atoms with van der Waals surface area (Å²) in [6.07, 6.45) is 6.41. The van der Waals surface area contributed by atoms with Crippen LogP contribution in [0.4, 0.5) is 0 Å². The number of benzene rings is 6. The van der Waals surface area contributed by atoms with Gasteiger partial charge in [-0.15, -0.1) is 0 Å². The fourth-order valence-corrected chi connectivity index (χ4v) is 8.01. The maximum absolute atomic E-state index is 3.82. The highest BCUT2D eigenvalue weighted by Gasteiger charge is 2.31. The zero-order valence-electron chi connectivity index (χ0n) is 27.4. The number of halogens is 1. The maximum atomic E-state index is 3.82. The molecule has 1 aliphatic carbocycles. The Labute approximate surface area is 301 Å². The van der Waals surface area contributed by atoms with E-state index in [1.54, 1.807) is 0 Å². The lowest BCUT2D eigenvalue weighted by Crippen LogP contribution is -2.09. The Morgan fingerprint density at radius 3 is 1.52 bits per heavy atom. The van der Waals surface area contributed by atoms with Crippen molar-refractivity contribution < 1.29 is 0 Å². The molecule has 1 nitrogen and oxygen atoms in total. The van der Waals surface area contributed by atoms with Gasteiger partial charge < -0.3 is 4.57 Å². The van der Waals surface area contributed by atoms with Crippen LogP contribution in [-0.4, -0.2) is 4.57 Å². The molecule has 0 fully saturated rings. The first-order valence-corrected chi connectivity index (χ1v) is 17.9. The first-order chi connectivity index (χ1) is 24.8. The van der Waals surface area contributed by atoms with Gasteiger partial charge >= 0.3 is 0 Å². The van der Waals surface area contributed by atoms with Gasteiger partial charge in [0.2, 0.25) is 0 Å². The van der Waals surface area contributed by atoms with Crippen LogP contribution >= 0.6 is 15.9 Å². The van der Waals surface area contributed by atoms with Gasteiger partial charge in [-0.05, 0) is 80.5 Å². The van der Waals surface area contributed by atoms with Crippen molar-refractivity contribution in [2.24, 2.45) is 0 Å². The van der Waals surface area contributed by atoms with Crippen LogP contribution in [0.15, 0.2) is 174 Å². The Hall–Kier alpha value is -5.88. The van der Waals surface area contributed by atoms with E-state index in [9.17, 15) is 0 Å². The summed E-state index contributed by atoms with van der Waals surface area (Å²) >= 11 is 3.82. The predicted molar refractivity (Wildman–Crippen MR) is 214 cm³/mol. The molecule has 9 rings (SSSR count). The fraction of sp³-hybridized carbons (Fsp3) is 0.0417. The molecule has 7 aromatic carbocycles. The molecule has 8 aromatic rings. The molecule has 0 spiro atoms. The van der Waals surface area contributed by atoms with Crippen LogP contribution in [-0.2, 0) is 0 Å². The summed E-state index contributed by atoms with van der Waals surface area (Å²) in [5.41, 5.74) is 15.4. The molecule has 0 saturated carbocycles. The van der Waals surface area contributed by atoms with E-state index in [2.05, 4.69) is 196 Å². The Bertz CT molecular complexity index is 2510. The predicted octanol–water partition coefficient (Wildman–Crippen LogP) is 13.5. The van der Waals surface area contributed by atoms with E-state index in [0.29, 0.717) is 0 Å². The third-order valence-corrected chi connectivity index (χ3v) is 10.5. The molecule has 1 aliphatic rings. The minimum atomic E-state index is 0.907. The molecule has 0 bridgehead atoms. The number of aromatic nitrogens is 1. The van der Waals surface area contributed by atoms with Crippen molar-refractivity contribution in [2.45, 2.75) is 12.8 Å². The van der Waals surface area contributed by atoms with Crippen LogP contribution in [0.25, 0.3) is 77.6 Å². The van der Waals surface area contributed by atoms with E-state index in [0.717, 1.165) is 29.6 Å². The molecular formula is C48H32BrN. The van der Waals surface area contributed by atoms with E-state index in [1.165, 1.54) is 70.9 Å². The molecule has 0 atom stereocenters. The average molecular weight is 703 g/mol.